The van der Waals surface area contributed by atoms with Gasteiger partial charge in [0.25, 0.3) is 5.69 Å². The molecule has 9 nitrogen and oxygen atoms in total. The van der Waals surface area contributed by atoms with Gasteiger partial charge in [0.05, 0.1) is 17.7 Å². The third-order valence-electron chi connectivity index (χ3n) is 3.73. The highest BCUT2D eigenvalue weighted by Gasteiger charge is 2.15. The van der Waals surface area contributed by atoms with Gasteiger partial charge < -0.3 is 14.6 Å². The number of carbonyl (C=O) groups excluding carboxylic acids is 1. The first kappa shape index (κ1) is 18.1. The Morgan fingerprint density at radius 1 is 1.26 bits per heavy atom. The molecule has 0 radical (unpaired) electrons. The quantitative estimate of drug-likeness (QED) is 0.502. The van der Waals surface area contributed by atoms with Crippen LogP contribution in [0.5, 0.6) is 5.75 Å². The number of nitro groups is 1. The lowest BCUT2D eigenvalue weighted by atomic mass is 10.2. The normalized spacial score (nSPS) is 10.4. The standard InChI is InChI=1S/C18H16N4O5/c1-26-15-8-7-13(22(24)25)11-14(15)19-16(23)9-10-17-20-18(21-27-17)12-5-3-2-4-6-12/h2-8,11H,9-10H2,1H3,(H,19,23). The summed E-state index contributed by atoms with van der Waals surface area (Å²) in [5, 5.41) is 17.4. The Labute approximate surface area is 154 Å². The molecule has 3 rings (SSSR count). The first-order valence-corrected chi connectivity index (χ1v) is 8.07. The van der Waals surface area contributed by atoms with Crippen molar-refractivity contribution in [3.63, 3.8) is 0 Å². The number of nitrogens with one attached hydrogen (secondary N) is 1. The number of amides is 1. The van der Waals surface area contributed by atoms with E-state index in [0.717, 1.165) is 5.56 Å². The van der Waals surface area contributed by atoms with Crippen molar-refractivity contribution in [2.24, 2.45) is 0 Å². The van der Waals surface area contributed by atoms with Gasteiger partial charge in [-0.25, -0.2) is 0 Å². The molecule has 0 aliphatic rings. The molecule has 0 aliphatic carbocycles. The summed E-state index contributed by atoms with van der Waals surface area (Å²) in [4.78, 5) is 26.8. The van der Waals surface area contributed by atoms with Crippen molar-refractivity contribution < 1.29 is 19.0 Å². The maximum Gasteiger partial charge on any atom is 0.271 e. The smallest absolute Gasteiger partial charge is 0.271 e. The lowest BCUT2D eigenvalue weighted by molar-refractivity contribution is -0.384. The van der Waals surface area contributed by atoms with E-state index in [4.69, 9.17) is 9.26 Å². The van der Waals surface area contributed by atoms with Gasteiger partial charge in [-0.05, 0) is 6.07 Å². The van der Waals surface area contributed by atoms with E-state index in [1.165, 1.54) is 25.3 Å². The third-order valence-corrected chi connectivity index (χ3v) is 3.73. The molecule has 0 atom stereocenters. The van der Waals surface area contributed by atoms with Gasteiger partial charge in [-0.1, -0.05) is 35.5 Å². The van der Waals surface area contributed by atoms with Crippen molar-refractivity contribution in [2.45, 2.75) is 12.8 Å². The van der Waals surface area contributed by atoms with Crippen molar-refractivity contribution >= 4 is 17.3 Å². The van der Waals surface area contributed by atoms with E-state index >= 15 is 0 Å². The Kier molecular flexibility index (Phi) is 5.41. The van der Waals surface area contributed by atoms with E-state index in [9.17, 15) is 14.9 Å². The van der Waals surface area contributed by atoms with E-state index in [0.29, 0.717) is 17.5 Å². The number of aromatic nitrogens is 2. The van der Waals surface area contributed by atoms with Crippen LogP contribution in [0.25, 0.3) is 11.4 Å². The summed E-state index contributed by atoms with van der Waals surface area (Å²) in [7, 11) is 1.42. The molecule has 1 aromatic heterocycles. The van der Waals surface area contributed by atoms with Crippen LogP contribution in [0.2, 0.25) is 0 Å². The van der Waals surface area contributed by atoms with Gasteiger partial charge >= 0.3 is 0 Å². The van der Waals surface area contributed by atoms with Crippen LogP contribution in [-0.4, -0.2) is 28.1 Å². The van der Waals surface area contributed by atoms with Crippen LogP contribution in [0.15, 0.2) is 53.1 Å². The largest absolute Gasteiger partial charge is 0.495 e. The molecule has 2 aromatic carbocycles. The fourth-order valence-corrected chi connectivity index (χ4v) is 2.40. The van der Waals surface area contributed by atoms with Gasteiger partial charge in [-0.3, -0.25) is 14.9 Å². The minimum atomic E-state index is -0.543. The molecule has 9 heteroatoms. The molecule has 1 heterocycles. The van der Waals surface area contributed by atoms with Crippen molar-refractivity contribution in [1.82, 2.24) is 10.1 Å². The number of nitrogens with zero attached hydrogens (tertiary/aromatic N) is 3. The molecule has 0 bridgehead atoms. The summed E-state index contributed by atoms with van der Waals surface area (Å²) >= 11 is 0. The van der Waals surface area contributed by atoms with Crippen molar-refractivity contribution in [3.8, 4) is 17.1 Å². The topological polar surface area (TPSA) is 120 Å². The molecule has 0 spiro atoms. The van der Waals surface area contributed by atoms with E-state index in [1.807, 2.05) is 30.3 Å². The summed E-state index contributed by atoms with van der Waals surface area (Å²) in [6, 6.07) is 13.3. The second kappa shape index (κ2) is 8.09. The molecule has 1 amide bonds. The number of hydrogen-bond donors (Lipinski definition) is 1. The molecule has 1 N–H and O–H groups in total. The number of aryl methyl sites for hydroxylation is 1. The van der Waals surface area contributed by atoms with E-state index in [1.54, 1.807) is 0 Å². The number of ether oxygens (including phenoxy) is 1. The Balaban J connectivity index is 1.63. The molecule has 0 saturated heterocycles. The predicted molar refractivity (Wildman–Crippen MR) is 96.3 cm³/mol. The molecule has 27 heavy (non-hydrogen) atoms. The summed E-state index contributed by atoms with van der Waals surface area (Å²) in [6.45, 7) is 0. The van der Waals surface area contributed by atoms with Crippen LogP contribution in [0.4, 0.5) is 11.4 Å². The fraction of sp³-hybridized carbons (Fsp3) is 0.167. The average molecular weight is 368 g/mol. The van der Waals surface area contributed by atoms with Crippen molar-refractivity contribution in [1.29, 1.82) is 0 Å². The molecule has 0 saturated carbocycles. The summed E-state index contributed by atoms with van der Waals surface area (Å²) in [5.74, 6) is 0.757. The minimum absolute atomic E-state index is 0.0717. The number of hydrogen-bond acceptors (Lipinski definition) is 7. The lowest BCUT2D eigenvalue weighted by Crippen LogP contribution is -2.13. The Morgan fingerprint density at radius 2 is 2.04 bits per heavy atom. The summed E-state index contributed by atoms with van der Waals surface area (Å²) in [5.41, 5.74) is 0.904. The van der Waals surface area contributed by atoms with Crippen LogP contribution in [0.1, 0.15) is 12.3 Å². The maximum atomic E-state index is 12.2. The van der Waals surface area contributed by atoms with Gasteiger partial charge in [0.1, 0.15) is 5.75 Å². The second-order valence-electron chi connectivity index (χ2n) is 5.57. The summed E-state index contributed by atoms with van der Waals surface area (Å²) < 4.78 is 10.3. The Morgan fingerprint density at radius 3 is 2.74 bits per heavy atom. The van der Waals surface area contributed by atoms with Crippen molar-refractivity contribution in [3.05, 3.63) is 64.5 Å². The first-order chi connectivity index (χ1) is 13.1. The number of carbonyl (C=O) groups is 1. The van der Waals surface area contributed by atoms with Crippen LogP contribution < -0.4 is 10.1 Å². The predicted octanol–water partition coefficient (Wildman–Crippen LogP) is 3.22. The van der Waals surface area contributed by atoms with Gasteiger partial charge in [0, 0.05) is 30.5 Å². The number of nitro benzene ring substituents is 1. The molecule has 3 aromatic rings. The maximum absolute atomic E-state index is 12.2. The van der Waals surface area contributed by atoms with Crippen LogP contribution >= 0.6 is 0 Å². The molecule has 0 aliphatic heterocycles. The molecular weight excluding hydrogens is 352 g/mol. The minimum Gasteiger partial charge on any atom is -0.495 e. The lowest BCUT2D eigenvalue weighted by Gasteiger charge is -2.09. The summed E-state index contributed by atoms with van der Waals surface area (Å²) in [6.07, 6.45) is 0.311. The Bertz CT molecular complexity index is 955. The molecule has 138 valence electrons. The zero-order chi connectivity index (χ0) is 19.2. The number of rotatable bonds is 7. The highest BCUT2D eigenvalue weighted by atomic mass is 16.6. The number of anilines is 1. The van der Waals surface area contributed by atoms with Gasteiger partial charge in [-0.2, -0.15) is 4.98 Å². The second-order valence-corrected chi connectivity index (χ2v) is 5.57. The van der Waals surface area contributed by atoms with Gasteiger partial charge in [0.2, 0.25) is 17.6 Å². The highest BCUT2D eigenvalue weighted by molar-refractivity contribution is 5.92. The number of benzene rings is 2. The average Bonchev–Trinajstić information content (AvgIpc) is 3.16. The van der Waals surface area contributed by atoms with E-state index < -0.39 is 4.92 Å². The van der Waals surface area contributed by atoms with E-state index in [2.05, 4.69) is 15.5 Å². The fourth-order valence-electron chi connectivity index (χ4n) is 2.40. The number of methoxy groups -OCH3 is 1. The Hall–Kier alpha value is -3.75. The highest BCUT2D eigenvalue weighted by Crippen LogP contribution is 2.29. The molecule has 0 fully saturated rings. The number of non-ortho nitro benzene ring substituents is 1. The monoisotopic (exact) mass is 368 g/mol. The van der Waals surface area contributed by atoms with Crippen LogP contribution in [-0.2, 0) is 11.2 Å². The van der Waals surface area contributed by atoms with Gasteiger partial charge in [-0.15, -0.1) is 0 Å². The van der Waals surface area contributed by atoms with Crippen LogP contribution in [0.3, 0.4) is 0 Å². The van der Waals surface area contributed by atoms with Crippen LogP contribution in [0, 0.1) is 10.1 Å². The molecule has 0 unspecified atom stereocenters. The molecular formula is C18H16N4O5. The SMILES string of the molecule is COc1ccc([N+](=O)[O-])cc1NC(=O)CCc1nc(-c2ccccc2)no1. The van der Waals surface area contributed by atoms with E-state index in [-0.39, 0.29) is 30.1 Å². The van der Waals surface area contributed by atoms with Crippen molar-refractivity contribution in [2.75, 3.05) is 12.4 Å². The zero-order valence-electron chi connectivity index (χ0n) is 14.4. The van der Waals surface area contributed by atoms with Gasteiger partial charge in [0.15, 0.2) is 0 Å². The zero-order valence-corrected chi connectivity index (χ0v) is 14.4. The first-order valence-electron chi connectivity index (χ1n) is 8.07. The third kappa shape index (κ3) is 4.46.